The number of carbonyl (C=O) groups excluding carboxylic acids is 2. The molecule has 0 radical (unpaired) electrons. The fraction of sp³-hybridized carbons (Fsp3) is 0.280. The summed E-state index contributed by atoms with van der Waals surface area (Å²) in [4.78, 5) is 31.2. The Balaban J connectivity index is 1.72. The number of hydrogen-bond acceptors (Lipinski definition) is 5. The number of aliphatic hydroxyl groups excluding tert-OH is 1. The highest BCUT2D eigenvalue weighted by Crippen LogP contribution is 2.44. The van der Waals surface area contributed by atoms with Gasteiger partial charge in [-0.25, -0.2) is 0 Å². The van der Waals surface area contributed by atoms with Gasteiger partial charge in [-0.3, -0.25) is 9.59 Å². The molecule has 164 valence electrons. The number of amides is 1. The number of benzene rings is 2. The number of hydrogen-bond donors (Lipinski definition) is 2. The Morgan fingerprint density at radius 3 is 2.75 bits per heavy atom. The van der Waals surface area contributed by atoms with Crippen molar-refractivity contribution in [2.24, 2.45) is 0 Å². The van der Waals surface area contributed by atoms with Crippen molar-refractivity contribution in [3.8, 4) is 11.5 Å². The number of aromatic nitrogens is 1. The second-order valence-corrected chi connectivity index (χ2v) is 8.12. The first-order valence-electron chi connectivity index (χ1n) is 10.8. The number of fused-ring (bicyclic) bond motifs is 2. The standard InChI is InChI=1S/C25H24N2O5/c1-3-4-11-27-22(20-14(2)26-17-8-6-5-7-16(17)20)21(24(29)25(27)30)23(28)15-9-10-18-19(12-15)32-13-31-18/h5-10,12,22,26,28H,3-4,11,13H2,1-2H3/b23-21+. The minimum absolute atomic E-state index is 0.0952. The number of para-hydroxylation sites is 1. The van der Waals surface area contributed by atoms with Crippen LogP contribution >= 0.6 is 0 Å². The summed E-state index contributed by atoms with van der Waals surface area (Å²) in [5.74, 6) is -0.403. The fourth-order valence-corrected chi connectivity index (χ4v) is 4.59. The van der Waals surface area contributed by atoms with E-state index in [0.717, 1.165) is 35.0 Å². The van der Waals surface area contributed by atoms with Crippen molar-refractivity contribution in [3.63, 3.8) is 0 Å². The van der Waals surface area contributed by atoms with E-state index in [2.05, 4.69) is 4.98 Å². The molecule has 1 saturated heterocycles. The quantitative estimate of drug-likeness (QED) is 0.354. The first-order valence-corrected chi connectivity index (χ1v) is 10.8. The molecule has 0 bridgehead atoms. The number of Topliss-reactive ketones (excluding diaryl/α,β-unsaturated/α-hetero) is 1. The third kappa shape index (κ3) is 3.04. The Morgan fingerprint density at radius 2 is 1.94 bits per heavy atom. The van der Waals surface area contributed by atoms with E-state index in [1.807, 2.05) is 38.1 Å². The van der Waals surface area contributed by atoms with Gasteiger partial charge in [0.15, 0.2) is 11.5 Å². The van der Waals surface area contributed by atoms with E-state index < -0.39 is 17.7 Å². The summed E-state index contributed by atoms with van der Waals surface area (Å²) in [7, 11) is 0. The lowest BCUT2D eigenvalue weighted by Crippen LogP contribution is -2.30. The number of nitrogens with zero attached hydrogens (tertiary/aromatic N) is 1. The SMILES string of the molecule is CCCCN1C(=O)C(=O)/C(=C(/O)c2ccc3c(c2)OCO3)C1c1c(C)[nH]c2ccccc12. The molecule has 1 fully saturated rings. The van der Waals surface area contributed by atoms with Gasteiger partial charge < -0.3 is 24.5 Å². The lowest BCUT2D eigenvalue weighted by Gasteiger charge is -2.25. The zero-order chi connectivity index (χ0) is 22.4. The fourth-order valence-electron chi connectivity index (χ4n) is 4.59. The molecule has 3 aromatic rings. The van der Waals surface area contributed by atoms with E-state index >= 15 is 0 Å². The number of ether oxygens (including phenoxy) is 2. The number of aliphatic hydroxyl groups is 1. The Labute approximate surface area is 185 Å². The lowest BCUT2D eigenvalue weighted by molar-refractivity contribution is -0.139. The molecule has 2 aliphatic rings. The zero-order valence-electron chi connectivity index (χ0n) is 18.0. The Morgan fingerprint density at radius 1 is 1.16 bits per heavy atom. The van der Waals surface area contributed by atoms with Gasteiger partial charge in [0.05, 0.1) is 11.6 Å². The van der Waals surface area contributed by atoms with Gasteiger partial charge in [-0.2, -0.15) is 0 Å². The van der Waals surface area contributed by atoms with Crippen molar-refractivity contribution in [1.82, 2.24) is 9.88 Å². The van der Waals surface area contributed by atoms with Crippen LogP contribution in [0.25, 0.3) is 16.7 Å². The predicted octanol–water partition coefficient (Wildman–Crippen LogP) is 4.43. The van der Waals surface area contributed by atoms with Crippen LogP contribution in [0, 0.1) is 6.92 Å². The minimum atomic E-state index is -0.678. The molecule has 1 amide bonds. The smallest absolute Gasteiger partial charge is 0.295 e. The van der Waals surface area contributed by atoms with Crippen molar-refractivity contribution in [3.05, 3.63) is 64.9 Å². The Kier molecular flexibility index (Phi) is 4.89. The maximum Gasteiger partial charge on any atom is 0.295 e. The number of H-pyrrole nitrogens is 1. The van der Waals surface area contributed by atoms with Crippen LogP contribution in [0.5, 0.6) is 11.5 Å². The zero-order valence-corrected chi connectivity index (χ0v) is 18.0. The molecule has 2 aromatic carbocycles. The first kappa shape index (κ1) is 20.2. The van der Waals surface area contributed by atoms with Gasteiger partial charge in [-0.15, -0.1) is 0 Å². The van der Waals surface area contributed by atoms with Gasteiger partial charge >= 0.3 is 0 Å². The Bertz CT molecular complexity index is 1270. The average Bonchev–Trinajstić information content (AvgIpc) is 3.46. The van der Waals surface area contributed by atoms with Crippen molar-refractivity contribution < 1.29 is 24.2 Å². The summed E-state index contributed by atoms with van der Waals surface area (Å²) in [6, 6.07) is 12.1. The number of unbranched alkanes of at least 4 members (excludes halogenated alkanes) is 1. The van der Waals surface area contributed by atoms with E-state index in [1.54, 1.807) is 23.1 Å². The van der Waals surface area contributed by atoms with E-state index in [-0.39, 0.29) is 18.1 Å². The molecule has 7 nitrogen and oxygen atoms in total. The molecule has 7 heteroatoms. The summed E-state index contributed by atoms with van der Waals surface area (Å²) in [6.45, 7) is 4.50. The van der Waals surface area contributed by atoms with Crippen LogP contribution in [0.15, 0.2) is 48.0 Å². The van der Waals surface area contributed by atoms with E-state index in [4.69, 9.17) is 9.47 Å². The molecule has 32 heavy (non-hydrogen) atoms. The maximum atomic E-state index is 13.2. The predicted molar refractivity (Wildman–Crippen MR) is 120 cm³/mol. The van der Waals surface area contributed by atoms with Crippen LogP contribution < -0.4 is 9.47 Å². The van der Waals surface area contributed by atoms with Crippen LogP contribution in [-0.4, -0.2) is 40.0 Å². The van der Waals surface area contributed by atoms with Gasteiger partial charge in [0.1, 0.15) is 5.76 Å². The van der Waals surface area contributed by atoms with Gasteiger partial charge in [0, 0.05) is 34.3 Å². The monoisotopic (exact) mass is 432 g/mol. The van der Waals surface area contributed by atoms with Crippen LogP contribution in [0.4, 0.5) is 0 Å². The van der Waals surface area contributed by atoms with Crippen molar-refractivity contribution in [1.29, 1.82) is 0 Å². The molecule has 1 atom stereocenters. The first-order chi connectivity index (χ1) is 15.5. The lowest BCUT2D eigenvalue weighted by atomic mass is 9.93. The van der Waals surface area contributed by atoms with Crippen molar-refractivity contribution in [2.45, 2.75) is 32.7 Å². The summed E-state index contributed by atoms with van der Waals surface area (Å²) < 4.78 is 10.8. The molecular formula is C25H24N2O5. The van der Waals surface area contributed by atoms with Gasteiger partial charge in [0.25, 0.3) is 11.7 Å². The van der Waals surface area contributed by atoms with Gasteiger partial charge in [-0.05, 0) is 37.6 Å². The number of likely N-dealkylation sites (tertiary alicyclic amines) is 1. The third-order valence-electron chi connectivity index (χ3n) is 6.16. The summed E-state index contributed by atoms with van der Waals surface area (Å²) >= 11 is 0. The number of aryl methyl sites for hydroxylation is 1. The Hall–Kier alpha value is -3.74. The summed E-state index contributed by atoms with van der Waals surface area (Å²) in [6.07, 6.45) is 1.64. The highest BCUT2D eigenvalue weighted by Gasteiger charge is 2.47. The molecule has 2 N–H and O–H groups in total. The number of ketones is 1. The largest absolute Gasteiger partial charge is 0.507 e. The molecule has 0 spiro atoms. The van der Waals surface area contributed by atoms with Gasteiger partial charge in [0.2, 0.25) is 6.79 Å². The second-order valence-electron chi connectivity index (χ2n) is 8.12. The van der Waals surface area contributed by atoms with E-state index in [9.17, 15) is 14.7 Å². The summed E-state index contributed by atoms with van der Waals surface area (Å²) in [5.41, 5.74) is 3.11. The highest BCUT2D eigenvalue weighted by molar-refractivity contribution is 6.46. The summed E-state index contributed by atoms with van der Waals surface area (Å²) in [5, 5.41) is 12.2. The van der Waals surface area contributed by atoms with Crippen molar-refractivity contribution in [2.75, 3.05) is 13.3 Å². The topological polar surface area (TPSA) is 91.9 Å². The molecule has 5 rings (SSSR count). The number of carbonyl (C=O) groups is 2. The minimum Gasteiger partial charge on any atom is -0.507 e. The normalized spacial score (nSPS) is 19.3. The molecule has 1 aromatic heterocycles. The number of rotatable bonds is 5. The van der Waals surface area contributed by atoms with Crippen LogP contribution in [0.3, 0.4) is 0 Å². The molecule has 2 aliphatic heterocycles. The molecular weight excluding hydrogens is 408 g/mol. The maximum absolute atomic E-state index is 13.2. The molecule has 0 aliphatic carbocycles. The molecule has 3 heterocycles. The van der Waals surface area contributed by atoms with Crippen LogP contribution in [0.2, 0.25) is 0 Å². The third-order valence-corrected chi connectivity index (χ3v) is 6.16. The van der Waals surface area contributed by atoms with E-state index in [0.29, 0.717) is 23.6 Å². The highest BCUT2D eigenvalue weighted by atomic mass is 16.7. The number of nitrogens with one attached hydrogen (secondary N) is 1. The van der Waals surface area contributed by atoms with Crippen molar-refractivity contribution >= 4 is 28.4 Å². The van der Waals surface area contributed by atoms with Crippen LogP contribution in [0.1, 0.15) is 42.6 Å². The van der Waals surface area contributed by atoms with Gasteiger partial charge in [-0.1, -0.05) is 31.5 Å². The number of aromatic amines is 1. The molecule has 0 saturated carbocycles. The van der Waals surface area contributed by atoms with E-state index in [1.165, 1.54) is 0 Å². The molecule has 1 unspecified atom stereocenters. The van der Waals surface area contributed by atoms with Crippen LogP contribution in [-0.2, 0) is 9.59 Å². The second kappa shape index (κ2) is 7.75. The average molecular weight is 432 g/mol.